The Morgan fingerprint density at radius 1 is 1.07 bits per heavy atom. The van der Waals surface area contributed by atoms with Crippen LogP contribution in [0.1, 0.15) is 12.0 Å². The number of aromatic nitrogens is 4. The standard InChI is InChI=1S/C23H23N5O/c1-15-17-6-8-26-23(25-7-3-10-28-11-9-24-14-28)20(17)13-19-18-12-16(29-2)4-5-21(18)27-22(15)19/h4-6,8-9,11-14,27H,3,7,10H2,1-2H3,(H,25,26). The lowest BCUT2D eigenvalue weighted by molar-refractivity contribution is 0.415. The molecular formula is C23H23N5O. The van der Waals surface area contributed by atoms with Gasteiger partial charge in [-0.15, -0.1) is 0 Å². The highest BCUT2D eigenvalue weighted by molar-refractivity contribution is 6.15. The lowest BCUT2D eigenvalue weighted by Gasteiger charge is -2.11. The number of nitrogens with zero attached hydrogens (tertiary/aromatic N) is 3. The zero-order valence-electron chi connectivity index (χ0n) is 16.6. The van der Waals surface area contributed by atoms with Crippen LogP contribution < -0.4 is 10.1 Å². The summed E-state index contributed by atoms with van der Waals surface area (Å²) in [5, 5.41) is 8.24. The highest BCUT2D eigenvalue weighted by atomic mass is 16.5. The first-order chi connectivity index (χ1) is 14.2. The molecule has 0 aliphatic carbocycles. The molecule has 3 heterocycles. The van der Waals surface area contributed by atoms with Crippen molar-refractivity contribution < 1.29 is 4.74 Å². The summed E-state index contributed by atoms with van der Waals surface area (Å²) in [6.45, 7) is 3.95. The molecule has 5 aromatic rings. The zero-order chi connectivity index (χ0) is 19.8. The molecule has 0 aliphatic rings. The average Bonchev–Trinajstić information content (AvgIpc) is 3.39. The van der Waals surface area contributed by atoms with Crippen molar-refractivity contribution >= 4 is 38.4 Å². The average molecular weight is 385 g/mol. The van der Waals surface area contributed by atoms with E-state index in [2.05, 4.69) is 56.0 Å². The Bertz CT molecular complexity index is 1300. The van der Waals surface area contributed by atoms with Crippen LogP contribution in [-0.2, 0) is 6.54 Å². The first kappa shape index (κ1) is 17.6. The van der Waals surface area contributed by atoms with E-state index in [9.17, 15) is 0 Å². The summed E-state index contributed by atoms with van der Waals surface area (Å²) in [6.07, 6.45) is 8.53. The summed E-state index contributed by atoms with van der Waals surface area (Å²) in [7, 11) is 1.70. The third-order valence-electron chi connectivity index (χ3n) is 5.55. The van der Waals surface area contributed by atoms with E-state index in [1.807, 2.05) is 31.0 Å². The fourth-order valence-electron chi connectivity index (χ4n) is 4.02. The number of hydrogen-bond acceptors (Lipinski definition) is 4. The number of hydrogen-bond donors (Lipinski definition) is 2. The van der Waals surface area contributed by atoms with E-state index in [4.69, 9.17) is 4.74 Å². The smallest absolute Gasteiger partial charge is 0.133 e. The predicted octanol–water partition coefficient (Wildman–Crippen LogP) is 4.89. The van der Waals surface area contributed by atoms with E-state index in [1.54, 1.807) is 7.11 Å². The molecule has 2 aromatic carbocycles. The maximum atomic E-state index is 5.43. The van der Waals surface area contributed by atoms with Crippen LogP contribution in [0.3, 0.4) is 0 Å². The second kappa shape index (κ2) is 7.13. The summed E-state index contributed by atoms with van der Waals surface area (Å²) in [6, 6.07) is 10.5. The summed E-state index contributed by atoms with van der Waals surface area (Å²) in [5.41, 5.74) is 3.51. The van der Waals surface area contributed by atoms with Gasteiger partial charge >= 0.3 is 0 Å². The number of aryl methyl sites for hydroxylation is 2. The van der Waals surface area contributed by atoms with Crippen LogP contribution in [0.15, 0.2) is 55.2 Å². The molecular weight excluding hydrogens is 362 g/mol. The Labute approximate surface area is 168 Å². The Hall–Kier alpha value is -3.54. The molecule has 29 heavy (non-hydrogen) atoms. The topological polar surface area (TPSA) is 67.8 Å². The van der Waals surface area contributed by atoms with Crippen molar-refractivity contribution in [2.45, 2.75) is 19.9 Å². The number of methoxy groups -OCH3 is 1. The second-order valence-corrected chi connectivity index (χ2v) is 7.30. The molecule has 0 atom stereocenters. The lowest BCUT2D eigenvalue weighted by atomic mass is 10.0. The molecule has 0 bridgehead atoms. The van der Waals surface area contributed by atoms with Crippen molar-refractivity contribution in [1.82, 2.24) is 19.5 Å². The summed E-state index contributed by atoms with van der Waals surface area (Å²) in [4.78, 5) is 12.3. The van der Waals surface area contributed by atoms with E-state index < -0.39 is 0 Å². The van der Waals surface area contributed by atoms with Crippen LogP contribution in [0, 0.1) is 6.92 Å². The summed E-state index contributed by atoms with van der Waals surface area (Å²) in [5.74, 6) is 1.79. The van der Waals surface area contributed by atoms with E-state index in [1.165, 1.54) is 21.7 Å². The Morgan fingerprint density at radius 3 is 2.83 bits per heavy atom. The van der Waals surface area contributed by atoms with E-state index in [0.717, 1.165) is 47.5 Å². The Morgan fingerprint density at radius 2 is 2.00 bits per heavy atom. The predicted molar refractivity (Wildman–Crippen MR) is 118 cm³/mol. The molecule has 0 aliphatic heterocycles. The van der Waals surface area contributed by atoms with Crippen LogP contribution in [-0.4, -0.2) is 33.2 Å². The molecule has 2 N–H and O–H groups in total. The van der Waals surface area contributed by atoms with Crippen LogP contribution in [0.25, 0.3) is 32.6 Å². The van der Waals surface area contributed by atoms with Crippen molar-refractivity contribution in [3.63, 3.8) is 0 Å². The number of benzene rings is 2. The quantitative estimate of drug-likeness (QED) is 0.409. The van der Waals surface area contributed by atoms with Crippen molar-refractivity contribution in [3.05, 3.63) is 60.8 Å². The van der Waals surface area contributed by atoms with Crippen LogP contribution in [0.2, 0.25) is 0 Å². The highest BCUT2D eigenvalue weighted by Crippen LogP contribution is 2.36. The molecule has 0 unspecified atom stereocenters. The summed E-state index contributed by atoms with van der Waals surface area (Å²) >= 11 is 0. The summed E-state index contributed by atoms with van der Waals surface area (Å²) < 4.78 is 7.52. The fraction of sp³-hybridized carbons (Fsp3) is 0.217. The van der Waals surface area contributed by atoms with Crippen molar-refractivity contribution in [2.75, 3.05) is 19.0 Å². The number of anilines is 1. The molecule has 0 radical (unpaired) electrons. The van der Waals surface area contributed by atoms with Crippen molar-refractivity contribution in [1.29, 1.82) is 0 Å². The number of rotatable bonds is 6. The number of imidazole rings is 1. The lowest BCUT2D eigenvalue weighted by Crippen LogP contribution is -2.07. The normalized spacial score (nSPS) is 11.5. The third-order valence-corrected chi connectivity index (χ3v) is 5.55. The van der Waals surface area contributed by atoms with E-state index in [-0.39, 0.29) is 0 Å². The first-order valence-corrected chi connectivity index (χ1v) is 9.82. The van der Waals surface area contributed by atoms with Gasteiger partial charge in [0.05, 0.1) is 19.0 Å². The Kier molecular flexibility index (Phi) is 4.31. The largest absolute Gasteiger partial charge is 0.497 e. The van der Waals surface area contributed by atoms with Gasteiger partial charge in [-0.3, -0.25) is 0 Å². The number of nitrogens with one attached hydrogen (secondary N) is 2. The van der Waals surface area contributed by atoms with Gasteiger partial charge in [-0.05, 0) is 54.6 Å². The van der Waals surface area contributed by atoms with Gasteiger partial charge in [0.1, 0.15) is 11.6 Å². The molecule has 0 spiro atoms. The van der Waals surface area contributed by atoms with E-state index >= 15 is 0 Å². The molecule has 6 nitrogen and oxygen atoms in total. The minimum Gasteiger partial charge on any atom is -0.497 e. The van der Waals surface area contributed by atoms with Gasteiger partial charge in [0, 0.05) is 53.4 Å². The first-order valence-electron chi connectivity index (χ1n) is 9.82. The second-order valence-electron chi connectivity index (χ2n) is 7.30. The van der Waals surface area contributed by atoms with Crippen molar-refractivity contribution in [3.8, 4) is 5.75 Å². The van der Waals surface area contributed by atoms with Crippen LogP contribution >= 0.6 is 0 Å². The van der Waals surface area contributed by atoms with E-state index in [0.29, 0.717) is 0 Å². The minimum absolute atomic E-state index is 0.850. The number of fused-ring (bicyclic) bond motifs is 4. The maximum absolute atomic E-state index is 5.43. The molecule has 0 amide bonds. The SMILES string of the molecule is COc1ccc2[nH]c3c(C)c4ccnc(NCCCn5ccnc5)c4cc3c2c1. The van der Waals surface area contributed by atoms with Gasteiger partial charge in [-0.25, -0.2) is 9.97 Å². The third kappa shape index (κ3) is 3.06. The monoisotopic (exact) mass is 385 g/mol. The van der Waals surface area contributed by atoms with Gasteiger partial charge in [0.15, 0.2) is 0 Å². The molecule has 0 fully saturated rings. The number of H-pyrrole nitrogens is 1. The van der Waals surface area contributed by atoms with Gasteiger partial charge in [0.25, 0.3) is 0 Å². The number of aromatic amines is 1. The molecule has 6 heteroatoms. The van der Waals surface area contributed by atoms with Gasteiger partial charge in [-0.1, -0.05) is 0 Å². The zero-order valence-corrected chi connectivity index (χ0v) is 16.6. The van der Waals surface area contributed by atoms with Crippen LogP contribution in [0.5, 0.6) is 5.75 Å². The fourth-order valence-corrected chi connectivity index (χ4v) is 4.02. The van der Waals surface area contributed by atoms with Gasteiger partial charge < -0.3 is 19.6 Å². The molecule has 5 rings (SSSR count). The number of pyridine rings is 1. The van der Waals surface area contributed by atoms with Crippen LogP contribution in [0.4, 0.5) is 5.82 Å². The molecule has 0 saturated heterocycles. The molecule has 3 aromatic heterocycles. The van der Waals surface area contributed by atoms with Crippen molar-refractivity contribution in [2.24, 2.45) is 0 Å². The van der Waals surface area contributed by atoms with Gasteiger partial charge in [0.2, 0.25) is 0 Å². The highest BCUT2D eigenvalue weighted by Gasteiger charge is 2.13. The molecule has 0 saturated carbocycles. The Balaban J connectivity index is 1.54. The van der Waals surface area contributed by atoms with Gasteiger partial charge in [-0.2, -0.15) is 0 Å². The maximum Gasteiger partial charge on any atom is 0.133 e. The number of ether oxygens (including phenoxy) is 1. The minimum atomic E-state index is 0.850. The molecule has 146 valence electrons.